The number of nitrogens with two attached hydrogens (primary N) is 1. The van der Waals surface area contributed by atoms with E-state index in [0.29, 0.717) is 0 Å². The zero-order valence-corrected chi connectivity index (χ0v) is 14.4. The summed E-state index contributed by atoms with van der Waals surface area (Å²) in [5, 5.41) is 33.5. The third kappa shape index (κ3) is 7.90. The van der Waals surface area contributed by atoms with Gasteiger partial charge in [0, 0.05) is 0 Å². The molecule has 12 nitrogen and oxygen atoms in total. The fourth-order valence-electron chi connectivity index (χ4n) is 1.87. The van der Waals surface area contributed by atoms with E-state index < -0.39 is 73.3 Å². The maximum absolute atomic E-state index is 12.1. The molecule has 0 aliphatic carbocycles. The van der Waals surface area contributed by atoms with Crippen molar-refractivity contribution in [3.63, 3.8) is 0 Å². The van der Waals surface area contributed by atoms with Gasteiger partial charge in [-0.25, -0.2) is 4.79 Å². The molecule has 3 atom stereocenters. The monoisotopic (exact) mass is 376 g/mol. The molecule has 148 valence electrons. The average molecular weight is 376 g/mol. The normalized spacial score (nSPS) is 14.0. The molecule has 0 rings (SSSR count). The van der Waals surface area contributed by atoms with Gasteiger partial charge in [-0.15, -0.1) is 0 Å². The largest absolute Gasteiger partial charge is 0.481 e. The molecule has 0 bridgehead atoms. The quantitative estimate of drug-likeness (QED) is 0.191. The summed E-state index contributed by atoms with van der Waals surface area (Å²) in [6, 6.07) is -4.31. The first-order valence-electron chi connectivity index (χ1n) is 7.69. The number of hydrogen-bond donors (Lipinski definition) is 7. The molecule has 3 amide bonds. The molecule has 12 heteroatoms. The molecule has 3 unspecified atom stereocenters. The summed E-state index contributed by atoms with van der Waals surface area (Å²) in [5.41, 5.74) is 5.09. The number of carboxylic acid groups (broad SMARTS) is 2. The second kappa shape index (κ2) is 11.0. The van der Waals surface area contributed by atoms with E-state index in [-0.39, 0.29) is 0 Å². The van der Waals surface area contributed by atoms with Crippen molar-refractivity contribution in [1.29, 1.82) is 0 Å². The van der Waals surface area contributed by atoms with E-state index in [1.165, 1.54) is 0 Å². The van der Waals surface area contributed by atoms with Crippen LogP contribution >= 0.6 is 0 Å². The summed E-state index contributed by atoms with van der Waals surface area (Å²) in [6.45, 7) is 1.75. The highest BCUT2D eigenvalue weighted by Gasteiger charge is 2.31. The van der Waals surface area contributed by atoms with Crippen LogP contribution in [0.5, 0.6) is 0 Å². The second-order valence-electron chi connectivity index (χ2n) is 5.73. The highest BCUT2D eigenvalue weighted by atomic mass is 16.4. The summed E-state index contributed by atoms with van der Waals surface area (Å²) < 4.78 is 0. The molecule has 0 aromatic heterocycles. The topological polar surface area (TPSA) is 208 Å². The lowest BCUT2D eigenvalue weighted by Crippen LogP contribution is -2.58. The summed E-state index contributed by atoms with van der Waals surface area (Å²) in [7, 11) is 0. The van der Waals surface area contributed by atoms with Gasteiger partial charge in [0.2, 0.25) is 17.7 Å². The molecule has 0 aliphatic heterocycles. The molecular formula is C14H24N4O8. The molecule has 0 saturated heterocycles. The minimum absolute atomic E-state index is 0.463. The van der Waals surface area contributed by atoms with Crippen molar-refractivity contribution >= 4 is 29.7 Å². The van der Waals surface area contributed by atoms with E-state index in [1.54, 1.807) is 13.8 Å². The van der Waals surface area contributed by atoms with E-state index in [1.807, 2.05) is 0 Å². The number of amides is 3. The Hall–Kier alpha value is -2.73. The number of carbonyl (C=O) groups is 5. The van der Waals surface area contributed by atoms with Crippen LogP contribution in [-0.4, -0.2) is 76.3 Å². The first kappa shape index (κ1) is 23.3. The number of rotatable bonds is 11. The molecule has 0 radical (unpaired) electrons. The van der Waals surface area contributed by atoms with Crippen LogP contribution in [0.25, 0.3) is 0 Å². The Balaban J connectivity index is 5.10. The van der Waals surface area contributed by atoms with Crippen LogP contribution in [0.3, 0.4) is 0 Å². The molecule has 0 aromatic rings. The van der Waals surface area contributed by atoms with E-state index in [0.717, 1.165) is 0 Å². The van der Waals surface area contributed by atoms with Crippen LogP contribution in [0.2, 0.25) is 0 Å². The molecule has 8 N–H and O–H groups in total. The highest BCUT2D eigenvalue weighted by Crippen LogP contribution is 2.03. The Morgan fingerprint density at radius 2 is 1.46 bits per heavy atom. The van der Waals surface area contributed by atoms with Gasteiger partial charge in [-0.2, -0.15) is 0 Å². The molecule has 0 spiro atoms. The fraction of sp³-hybridized carbons (Fsp3) is 0.643. The fourth-order valence-corrected chi connectivity index (χ4v) is 1.87. The molecule has 0 aromatic carbocycles. The van der Waals surface area contributed by atoms with Crippen molar-refractivity contribution in [2.45, 2.75) is 38.4 Å². The van der Waals surface area contributed by atoms with Gasteiger partial charge in [-0.05, 0) is 5.92 Å². The van der Waals surface area contributed by atoms with Crippen LogP contribution in [0.1, 0.15) is 20.3 Å². The van der Waals surface area contributed by atoms with E-state index in [2.05, 4.69) is 16.0 Å². The first-order valence-corrected chi connectivity index (χ1v) is 7.69. The second-order valence-corrected chi connectivity index (χ2v) is 5.73. The number of carboxylic acids is 2. The molecule has 0 fully saturated rings. The maximum atomic E-state index is 12.1. The van der Waals surface area contributed by atoms with E-state index in [4.69, 9.17) is 15.9 Å². The van der Waals surface area contributed by atoms with Crippen LogP contribution in [0.4, 0.5) is 0 Å². The maximum Gasteiger partial charge on any atom is 0.326 e. The number of hydrogen-bond acceptors (Lipinski definition) is 7. The van der Waals surface area contributed by atoms with Crippen molar-refractivity contribution < 1.29 is 39.3 Å². The summed E-state index contributed by atoms with van der Waals surface area (Å²) in [4.78, 5) is 57.4. The van der Waals surface area contributed by atoms with E-state index in [9.17, 15) is 29.1 Å². The van der Waals surface area contributed by atoms with Crippen molar-refractivity contribution in [2.24, 2.45) is 11.7 Å². The highest BCUT2D eigenvalue weighted by molar-refractivity contribution is 5.95. The molecule has 26 heavy (non-hydrogen) atoms. The summed E-state index contributed by atoms with van der Waals surface area (Å²) in [6.07, 6.45) is -0.777. The standard InChI is InChI=1S/C14H24N4O8/c1-6(2)11(14(25)26)18-13(24)8(5-19)17-12(23)7(3-10(21)22)16-9(20)4-15/h6-8,11,19H,3-5,15H2,1-2H3,(H,16,20)(H,17,23)(H,18,24)(H,21,22)(H,25,26). The minimum atomic E-state index is -1.53. The predicted molar refractivity (Wildman–Crippen MR) is 86.7 cm³/mol. The van der Waals surface area contributed by atoms with Crippen molar-refractivity contribution in [2.75, 3.05) is 13.2 Å². The van der Waals surface area contributed by atoms with Crippen molar-refractivity contribution in [3.8, 4) is 0 Å². The summed E-state index contributed by atoms with van der Waals surface area (Å²) >= 11 is 0. The van der Waals surface area contributed by atoms with Crippen LogP contribution in [-0.2, 0) is 24.0 Å². The lowest BCUT2D eigenvalue weighted by molar-refractivity contribution is -0.144. The molecular weight excluding hydrogens is 352 g/mol. The molecule has 0 aliphatic rings. The van der Waals surface area contributed by atoms with Gasteiger partial charge in [0.05, 0.1) is 19.6 Å². The summed E-state index contributed by atoms with van der Waals surface area (Å²) in [5.74, 6) is -5.95. The lowest BCUT2D eigenvalue weighted by atomic mass is 10.0. The minimum Gasteiger partial charge on any atom is -0.481 e. The van der Waals surface area contributed by atoms with Crippen LogP contribution in [0.15, 0.2) is 0 Å². The SMILES string of the molecule is CC(C)C(NC(=O)C(CO)NC(=O)C(CC(=O)O)NC(=O)CN)C(=O)O. The van der Waals surface area contributed by atoms with Gasteiger partial charge < -0.3 is 37.0 Å². The van der Waals surface area contributed by atoms with Gasteiger partial charge in [-0.1, -0.05) is 13.8 Å². The zero-order valence-electron chi connectivity index (χ0n) is 14.4. The smallest absolute Gasteiger partial charge is 0.326 e. The average Bonchev–Trinajstić information content (AvgIpc) is 2.55. The van der Waals surface area contributed by atoms with Crippen LogP contribution in [0, 0.1) is 5.92 Å². The zero-order chi connectivity index (χ0) is 20.4. The number of nitrogens with one attached hydrogen (secondary N) is 3. The van der Waals surface area contributed by atoms with Gasteiger partial charge in [0.25, 0.3) is 0 Å². The van der Waals surface area contributed by atoms with Gasteiger partial charge in [-0.3, -0.25) is 19.2 Å². The Labute approximate surface area is 149 Å². The Bertz CT molecular complexity index is 551. The Morgan fingerprint density at radius 3 is 1.85 bits per heavy atom. The van der Waals surface area contributed by atoms with E-state index >= 15 is 0 Å². The van der Waals surface area contributed by atoms with Crippen molar-refractivity contribution in [3.05, 3.63) is 0 Å². The third-order valence-electron chi connectivity index (χ3n) is 3.26. The van der Waals surface area contributed by atoms with Gasteiger partial charge in [0.15, 0.2) is 0 Å². The number of aliphatic carboxylic acids is 2. The lowest BCUT2D eigenvalue weighted by Gasteiger charge is -2.24. The Morgan fingerprint density at radius 1 is 0.923 bits per heavy atom. The van der Waals surface area contributed by atoms with Crippen LogP contribution < -0.4 is 21.7 Å². The van der Waals surface area contributed by atoms with Crippen molar-refractivity contribution in [1.82, 2.24) is 16.0 Å². The predicted octanol–water partition coefficient (Wildman–Crippen LogP) is -3.39. The third-order valence-corrected chi connectivity index (χ3v) is 3.26. The first-order chi connectivity index (χ1) is 12.0. The molecule has 0 heterocycles. The Kier molecular flexibility index (Phi) is 9.84. The number of aliphatic hydroxyl groups is 1. The number of carbonyl (C=O) groups excluding carboxylic acids is 3. The number of aliphatic hydroxyl groups excluding tert-OH is 1. The molecule has 0 saturated carbocycles. The van der Waals surface area contributed by atoms with Gasteiger partial charge >= 0.3 is 11.9 Å². The van der Waals surface area contributed by atoms with Gasteiger partial charge in [0.1, 0.15) is 18.1 Å².